The van der Waals surface area contributed by atoms with E-state index in [9.17, 15) is 4.79 Å². The fourth-order valence-corrected chi connectivity index (χ4v) is 2.80. The minimum atomic E-state index is -0.00795. The second-order valence-electron chi connectivity index (χ2n) is 5.66. The van der Waals surface area contributed by atoms with Gasteiger partial charge in [0.2, 0.25) is 5.91 Å². The first kappa shape index (κ1) is 16.3. The summed E-state index contributed by atoms with van der Waals surface area (Å²) in [6.45, 7) is 0.503. The minimum absolute atomic E-state index is 0.00795. The number of aromatic nitrogens is 1. The molecule has 1 heterocycles. The van der Waals surface area contributed by atoms with Crippen molar-refractivity contribution in [3.8, 4) is 0 Å². The van der Waals surface area contributed by atoms with Crippen LogP contribution in [0.25, 0.3) is 0 Å². The third-order valence-corrected chi connectivity index (χ3v) is 4.21. The number of hydrogen-bond donors (Lipinski definition) is 1. The Balaban J connectivity index is 1.66. The SMILES string of the molecule is O=C(C[C@H](c1ccccc1)n1cccc1)NCc1ccc(Cl)cc1. The third-order valence-electron chi connectivity index (χ3n) is 3.95. The molecule has 0 aliphatic heterocycles. The predicted molar refractivity (Wildman–Crippen MR) is 96.9 cm³/mol. The first-order valence-corrected chi connectivity index (χ1v) is 8.29. The highest BCUT2D eigenvalue weighted by molar-refractivity contribution is 6.30. The molecule has 3 nitrogen and oxygen atoms in total. The smallest absolute Gasteiger partial charge is 0.222 e. The van der Waals surface area contributed by atoms with Crippen LogP contribution in [0.3, 0.4) is 0 Å². The van der Waals surface area contributed by atoms with Crippen LogP contribution >= 0.6 is 11.6 Å². The third kappa shape index (κ3) is 4.27. The lowest BCUT2D eigenvalue weighted by atomic mass is 10.0. The average molecular weight is 339 g/mol. The van der Waals surface area contributed by atoms with E-state index in [2.05, 4.69) is 22.0 Å². The summed E-state index contributed by atoms with van der Waals surface area (Å²) in [5.41, 5.74) is 2.15. The van der Waals surface area contributed by atoms with Gasteiger partial charge >= 0.3 is 0 Å². The van der Waals surface area contributed by atoms with Crippen LogP contribution in [0, 0.1) is 0 Å². The van der Waals surface area contributed by atoms with E-state index in [0.29, 0.717) is 18.0 Å². The molecule has 24 heavy (non-hydrogen) atoms. The van der Waals surface area contributed by atoms with E-state index < -0.39 is 0 Å². The summed E-state index contributed by atoms with van der Waals surface area (Å²) in [6.07, 6.45) is 4.38. The normalized spacial score (nSPS) is 11.9. The van der Waals surface area contributed by atoms with Crippen molar-refractivity contribution in [1.29, 1.82) is 0 Å². The summed E-state index contributed by atoms with van der Waals surface area (Å²) >= 11 is 5.88. The van der Waals surface area contributed by atoms with Gasteiger partial charge in [-0.15, -0.1) is 0 Å². The standard InChI is InChI=1S/C20H19ClN2O/c21-18-10-8-16(9-11-18)15-22-20(24)14-19(23-12-4-5-13-23)17-6-2-1-3-7-17/h1-13,19H,14-15H2,(H,22,24)/t19-/m1/s1. The van der Waals surface area contributed by atoms with Crippen molar-refractivity contribution >= 4 is 17.5 Å². The van der Waals surface area contributed by atoms with Crippen LogP contribution in [0.2, 0.25) is 5.02 Å². The number of amides is 1. The number of nitrogens with zero attached hydrogens (tertiary/aromatic N) is 1. The molecule has 0 fully saturated rings. The summed E-state index contributed by atoms with van der Waals surface area (Å²) < 4.78 is 2.07. The monoisotopic (exact) mass is 338 g/mol. The maximum Gasteiger partial charge on any atom is 0.222 e. The molecule has 3 rings (SSSR count). The van der Waals surface area contributed by atoms with Gasteiger partial charge in [0.1, 0.15) is 0 Å². The van der Waals surface area contributed by atoms with Crippen LogP contribution in [-0.2, 0) is 11.3 Å². The minimum Gasteiger partial charge on any atom is -0.352 e. The van der Waals surface area contributed by atoms with Gasteiger partial charge in [-0.1, -0.05) is 54.1 Å². The van der Waals surface area contributed by atoms with Gasteiger partial charge in [-0.2, -0.15) is 0 Å². The van der Waals surface area contributed by atoms with Crippen molar-refractivity contribution in [3.05, 3.63) is 95.3 Å². The maximum absolute atomic E-state index is 12.4. The Morgan fingerprint density at radius 1 is 0.958 bits per heavy atom. The summed E-state index contributed by atoms with van der Waals surface area (Å²) in [7, 11) is 0. The lowest BCUT2D eigenvalue weighted by Crippen LogP contribution is -2.26. The molecule has 0 saturated carbocycles. The predicted octanol–water partition coefficient (Wildman–Crippen LogP) is 4.44. The lowest BCUT2D eigenvalue weighted by molar-refractivity contribution is -0.121. The largest absolute Gasteiger partial charge is 0.352 e. The fraction of sp³-hybridized carbons (Fsp3) is 0.150. The molecule has 0 aliphatic carbocycles. The van der Waals surface area contributed by atoms with Crippen molar-refractivity contribution in [3.63, 3.8) is 0 Å². The van der Waals surface area contributed by atoms with Gasteiger partial charge in [0.15, 0.2) is 0 Å². The molecule has 0 unspecified atom stereocenters. The summed E-state index contributed by atoms with van der Waals surface area (Å²) in [4.78, 5) is 12.4. The molecule has 2 aromatic carbocycles. The maximum atomic E-state index is 12.4. The summed E-state index contributed by atoms with van der Waals surface area (Å²) in [6, 6.07) is 21.5. The molecular weight excluding hydrogens is 320 g/mol. The number of halogens is 1. The topological polar surface area (TPSA) is 34.0 Å². The van der Waals surface area contributed by atoms with Gasteiger partial charge in [-0.3, -0.25) is 4.79 Å². The first-order chi connectivity index (χ1) is 11.7. The van der Waals surface area contributed by atoms with Gasteiger partial charge in [-0.25, -0.2) is 0 Å². The van der Waals surface area contributed by atoms with Crippen molar-refractivity contribution in [2.45, 2.75) is 19.0 Å². The Morgan fingerprint density at radius 2 is 1.62 bits per heavy atom. The van der Waals surface area contributed by atoms with E-state index in [0.717, 1.165) is 11.1 Å². The molecule has 1 amide bonds. The zero-order valence-electron chi connectivity index (χ0n) is 13.2. The molecule has 0 saturated heterocycles. The van der Waals surface area contributed by atoms with Gasteiger partial charge < -0.3 is 9.88 Å². The van der Waals surface area contributed by atoms with Crippen LogP contribution < -0.4 is 5.32 Å². The Labute approximate surface area is 146 Å². The quantitative estimate of drug-likeness (QED) is 0.708. The van der Waals surface area contributed by atoms with Crippen LogP contribution in [-0.4, -0.2) is 10.5 Å². The number of carbonyl (C=O) groups is 1. The van der Waals surface area contributed by atoms with Crippen LogP contribution in [0.1, 0.15) is 23.6 Å². The van der Waals surface area contributed by atoms with Crippen molar-refractivity contribution in [1.82, 2.24) is 9.88 Å². The molecule has 0 bridgehead atoms. The highest BCUT2D eigenvalue weighted by Crippen LogP contribution is 2.22. The second-order valence-corrected chi connectivity index (χ2v) is 6.10. The first-order valence-electron chi connectivity index (χ1n) is 7.91. The zero-order chi connectivity index (χ0) is 16.8. The van der Waals surface area contributed by atoms with Gasteiger partial charge in [0.05, 0.1) is 12.5 Å². The molecule has 0 radical (unpaired) electrons. The van der Waals surface area contributed by atoms with Gasteiger partial charge in [-0.05, 0) is 35.4 Å². The van der Waals surface area contributed by atoms with E-state index in [1.807, 2.05) is 67.0 Å². The Bertz CT molecular complexity index is 767. The highest BCUT2D eigenvalue weighted by Gasteiger charge is 2.16. The molecular formula is C20H19ClN2O. The van der Waals surface area contributed by atoms with E-state index in [1.54, 1.807) is 0 Å². The number of benzene rings is 2. The number of rotatable bonds is 6. The van der Waals surface area contributed by atoms with E-state index in [1.165, 1.54) is 0 Å². The Morgan fingerprint density at radius 3 is 2.29 bits per heavy atom. The fourth-order valence-electron chi connectivity index (χ4n) is 2.68. The molecule has 0 spiro atoms. The Hall–Kier alpha value is -2.52. The van der Waals surface area contributed by atoms with Gasteiger partial charge in [0.25, 0.3) is 0 Å². The van der Waals surface area contributed by atoms with E-state index >= 15 is 0 Å². The molecule has 1 aromatic heterocycles. The average Bonchev–Trinajstić information content (AvgIpc) is 3.14. The Kier molecular flexibility index (Phi) is 5.34. The second kappa shape index (κ2) is 7.84. The van der Waals surface area contributed by atoms with Crippen LogP contribution in [0.5, 0.6) is 0 Å². The van der Waals surface area contributed by atoms with Crippen molar-refractivity contribution < 1.29 is 4.79 Å². The number of nitrogens with one attached hydrogen (secondary N) is 1. The molecule has 0 aliphatic rings. The van der Waals surface area contributed by atoms with E-state index in [-0.39, 0.29) is 11.9 Å². The zero-order valence-corrected chi connectivity index (χ0v) is 14.0. The molecule has 1 N–H and O–H groups in total. The highest BCUT2D eigenvalue weighted by atomic mass is 35.5. The van der Waals surface area contributed by atoms with E-state index in [4.69, 9.17) is 11.6 Å². The molecule has 4 heteroatoms. The van der Waals surface area contributed by atoms with Gasteiger partial charge in [0, 0.05) is 24.0 Å². The van der Waals surface area contributed by atoms with Crippen molar-refractivity contribution in [2.24, 2.45) is 0 Å². The van der Waals surface area contributed by atoms with Crippen LogP contribution in [0.4, 0.5) is 0 Å². The molecule has 122 valence electrons. The van der Waals surface area contributed by atoms with Crippen LogP contribution in [0.15, 0.2) is 79.1 Å². The number of hydrogen-bond acceptors (Lipinski definition) is 1. The molecule has 1 atom stereocenters. The molecule has 3 aromatic rings. The number of carbonyl (C=O) groups excluding carboxylic acids is 1. The van der Waals surface area contributed by atoms with Crippen molar-refractivity contribution in [2.75, 3.05) is 0 Å². The summed E-state index contributed by atoms with van der Waals surface area (Å²) in [5, 5.41) is 3.68. The lowest BCUT2D eigenvalue weighted by Gasteiger charge is -2.19. The summed E-state index contributed by atoms with van der Waals surface area (Å²) in [5.74, 6) is 0.0208.